The van der Waals surface area contributed by atoms with Crippen molar-refractivity contribution in [3.63, 3.8) is 0 Å². The fourth-order valence-electron chi connectivity index (χ4n) is 3.68. The minimum atomic E-state index is 0.694. The van der Waals surface area contributed by atoms with Gasteiger partial charge >= 0.3 is 0 Å². The Morgan fingerprint density at radius 1 is 1.29 bits per heavy atom. The highest BCUT2D eigenvalue weighted by molar-refractivity contribution is 5.21. The van der Waals surface area contributed by atoms with Crippen LogP contribution in [-0.4, -0.2) is 0 Å². The van der Waals surface area contributed by atoms with Crippen LogP contribution in [0.4, 0.5) is 0 Å². The molecule has 3 rings (SSSR count). The third-order valence-corrected chi connectivity index (χ3v) is 4.41. The van der Waals surface area contributed by atoms with Crippen LogP contribution in [0.25, 0.3) is 0 Å². The van der Waals surface area contributed by atoms with Gasteiger partial charge in [-0.05, 0) is 56.3 Å². The molecule has 3 aliphatic carbocycles. The Hall–Kier alpha value is -0.520. The molecule has 0 aromatic carbocycles. The van der Waals surface area contributed by atoms with Crippen molar-refractivity contribution in [2.24, 2.45) is 23.7 Å². The zero-order chi connectivity index (χ0) is 9.54. The Balaban J connectivity index is 1.78. The summed E-state index contributed by atoms with van der Waals surface area (Å²) in [7, 11) is 0. The van der Waals surface area contributed by atoms with Crippen LogP contribution in [0, 0.1) is 30.1 Å². The highest BCUT2D eigenvalue weighted by Gasteiger charge is 2.43. The van der Waals surface area contributed by atoms with E-state index in [-0.39, 0.29) is 0 Å². The second kappa shape index (κ2) is 3.25. The monoisotopic (exact) mass is 187 g/mol. The van der Waals surface area contributed by atoms with Crippen molar-refractivity contribution < 1.29 is 0 Å². The highest BCUT2D eigenvalue weighted by Crippen LogP contribution is 2.52. The van der Waals surface area contributed by atoms with Crippen LogP contribution in [0.5, 0.6) is 0 Å². The van der Waals surface area contributed by atoms with E-state index in [0.29, 0.717) is 5.92 Å². The van der Waals surface area contributed by atoms with Crippen LogP contribution >= 0.6 is 0 Å². The first-order valence-corrected chi connectivity index (χ1v) is 6.04. The fourth-order valence-corrected chi connectivity index (χ4v) is 3.68. The van der Waals surface area contributed by atoms with Gasteiger partial charge in [0.1, 0.15) is 0 Å². The smallest absolute Gasteiger partial charge is 0.000793 e. The van der Waals surface area contributed by atoms with Crippen molar-refractivity contribution in [1.29, 1.82) is 0 Å². The molecule has 14 heavy (non-hydrogen) atoms. The number of hydrogen-bond donors (Lipinski definition) is 0. The van der Waals surface area contributed by atoms with Gasteiger partial charge in [-0.3, -0.25) is 0 Å². The number of fused-ring (bicyclic) bond motifs is 2. The average Bonchev–Trinajstić information content (AvgIpc) is 2.79. The van der Waals surface area contributed by atoms with Crippen molar-refractivity contribution >= 4 is 0 Å². The van der Waals surface area contributed by atoms with Gasteiger partial charge in [-0.2, -0.15) is 0 Å². The molecular formula is C14H19. The van der Waals surface area contributed by atoms with Gasteiger partial charge in [0.2, 0.25) is 0 Å². The molecule has 0 nitrogen and oxygen atoms in total. The Morgan fingerprint density at radius 3 is 2.86 bits per heavy atom. The summed E-state index contributed by atoms with van der Waals surface area (Å²) in [5, 5.41) is 0. The summed E-state index contributed by atoms with van der Waals surface area (Å²) in [5.74, 6) is 3.48. The lowest BCUT2D eigenvalue weighted by atomic mass is 9.73. The number of rotatable bonds is 1. The molecule has 0 amide bonds. The van der Waals surface area contributed by atoms with E-state index >= 15 is 0 Å². The molecule has 2 fully saturated rings. The van der Waals surface area contributed by atoms with Crippen molar-refractivity contribution in [3.8, 4) is 0 Å². The third-order valence-electron chi connectivity index (χ3n) is 4.41. The normalized spacial score (nSPS) is 46.1. The van der Waals surface area contributed by atoms with Gasteiger partial charge in [-0.1, -0.05) is 24.3 Å². The maximum Gasteiger partial charge on any atom is 0.000793 e. The van der Waals surface area contributed by atoms with Gasteiger partial charge in [0.15, 0.2) is 0 Å². The topological polar surface area (TPSA) is 0 Å². The molecule has 4 atom stereocenters. The van der Waals surface area contributed by atoms with Crippen LogP contribution in [0.3, 0.4) is 0 Å². The largest absolute Gasteiger partial charge is 0.0992 e. The van der Waals surface area contributed by atoms with E-state index in [1.807, 2.05) is 0 Å². The quantitative estimate of drug-likeness (QED) is 0.548. The first-order valence-electron chi connectivity index (χ1n) is 6.04. The maximum absolute atomic E-state index is 4.25. The van der Waals surface area contributed by atoms with E-state index < -0.39 is 0 Å². The summed E-state index contributed by atoms with van der Waals surface area (Å²) in [5.41, 5.74) is 1.49. The van der Waals surface area contributed by atoms with E-state index in [0.717, 1.165) is 17.8 Å². The lowest BCUT2D eigenvalue weighted by molar-refractivity contribution is 0.339. The number of allylic oxidation sites excluding steroid dienone is 3. The van der Waals surface area contributed by atoms with E-state index in [2.05, 4.69) is 25.2 Å². The lowest BCUT2D eigenvalue weighted by Crippen LogP contribution is -2.22. The molecule has 0 aliphatic heterocycles. The van der Waals surface area contributed by atoms with Crippen LogP contribution in [-0.2, 0) is 0 Å². The van der Waals surface area contributed by atoms with E-state index in [9.17, 15) is 0 Å². The summed E-state index contributed by atoms with van der Waals surface area (Å²) in [6.45, 7) is 4.25. The molecule has 0 spiro atoms. The predicted molar refractivity (Wildman–Crippen MR) is 59.6 cm³/mol. The molecule has 4 unspecified atom stereocenters. The summed E-state index contributed by atoms with van der Waals surface area (Å²) < 4.78 is 0. The minimum absolute atomic E-state index is 0.694. The highest BCUT2D eigenvalue weighted by atomic mass is 14.5. The molecule has 0 heteroatoms. The van der Waals surface area contributed by atoms with E-state index in [1.165, 1.54) is 37.7 Å². The molecule has 0 N–H and O–H groups in total. The molecule has 0 aromatic rings. The second-order valence-corrected chi connectivity index (χ2v) is 5.25. The van der Waals surface area contributed by atoms with E-state index in [1.54, 1.807) is 0 Å². The Bertz CT molecular complexity index is 274. The van der Waals surface area contributed by atoms with Gasteiger partial charge in [0.05, 0.1) is 0 Å². The molecule has 2 bridgehead atoms. The van der Waals surface area contributed by atoms with Gasteiger partial charge in [0, 0.05) is 5.92 Å². The zero-order valence-corrected chi connectivity index (χ0v) is 8.78. The van der Waals surface area contributed by atoms with Gasteiger partial charge in [0.25, 0.3) is 0 Å². The summed E-state index contributed by atoms with van der Waals surface area (Å²) in [6.07, 6.45) is 14.3. The third kappa shape index (κ3) is 1.27. The molecular weight excluding hydrogens is 168 g/mol. The molecule has 3 aliphatic rings. The van der Waals surface area contributed by atoms with Gasteiger partial charge in [-0.15, -0.1) is 0 Å². The first kappa shape index (κ1) is 8.76. The molecule has 0 aromatic heterocycles. The van der Waals surface area contributed by atoms with Crippen LogP contribution in [0.2, 0.25) is 0 Å². The molecule has 75 valence electrons. The SMILES string of the molecule is C=C1CCC=CC1C1[CH]C2CCC1C2. The maximum atomic E-state index is 4.25. The molecule has 0 heterocycles. The van der Waals surface area contributed by atoms with Crippen molar-refractivity contribution in [2.45, 2.75) is 32.1 Å². The molecule has 1 radical (unpaired) electrons. The van der Waals surface area contributed by atoms with Crippen molar-refractivity contribution in [3.05, 3.63) is 30.7 Å². The zero-order valence-electron chi connectivity index (χ0n) is 8.78. The van der Waals surface area contributed by atoms with Crippen molar-refractivity contribution in [2.75, 3.05) is 0 Å². The van der Waals surface area contributed by atoms with Crippen LogP contribution < -0.4 is 0 Å². The summed E-state index contributed by atoms with van der Waals surface area (Å²) in [6, 6.07) is 0. The van der Waals surface area contributed by atoms with Gasteiger partial charge < -0.3 is 0 Å². The second-order valence-electron chi connectivity index (χ2n) is 5.25. The number of hydrogen-bond acceptors (Lipinski definition) is 0. The predicted octanol–water partition coefficient (Wildman–Crippen LogP) is 3.76. The standard InChI is InChI=1S/C14H19/c1-10-4-2-3-5-13(10)14-9-11-6-7-12(14)8-11/h3,5,9,11-14H,1-2,4,6-8H2. The Kier molecular flexibility index (Phi) is 2.04. The lowest BCUT2D eigenvalue weighted by Gasteiger charge is -2.31. The fraction of sp³-hybridized carbons (Fsp3) is 0.643. The van der Waals surface area contributed by atoms with Crippen molar-refractivity contribution in [1.82, 2.24) is 0 Å². The Morgan fingerprint density at radius 2 is 2.21 bits per heavy atom. The van der Waals surface area contributed by atoms with Gasteiger partial charge in [-0.25, -0.2) is 0 Å². The summed E-state index contributed by atoms with van der Waals surface area (Å²) >= 11 is 0. The van der Waals surface area contributed by atoms with Crippen LogP contribution in [0.15, 0.2) is 24.3 Å². The minimum Gasteiger partial charge on any atom is -0.0992 e. The molecule has 0 saturated heterocycles. The average molecular weight is 187 g/mol. The van der Waals surface area contributed by atoms with Crippen LogP contribution in [0.1, 0.15) is 32.1 Å². The first-order chi connectivity index (χ1) is 6.84. The summed E-state index contributed by atoms with van der Waals surface area (Å²) in [4.78, 5) is 0. The molecule has 2 saturated carbocycles. The Labute approximate surface area is 87.1 Å². The van der Waals surface area contributed by atoms with E-state index in [4.69, 9.17) is 0 Å².